The number of hydrogen-bond acceptors (Lipinski definition) is 7. The predicted molar refractivity (Wildman–Crippen MR) is 140 cm³/mol. The zero-order valence-corrected chi connectivity index (χ0v) is 20.9. The van der Waals surface area contributed by atoms with Gasteiger partial charge in [-0.3, -0.25) is 10.1 Å². The van der Waals surface area contributed by atoms with Gasteiger partial charge in [-0.25, -0.2) is 9.50 Å². The van der Waals surface area contributed by atoms with Crippen molar-refractivity contribution >= 4 is 23.3 Å². The van der Waals surface area contributed by atoms with Crippen molar-refractivity contribution in [1.29, 1.82) is 0 Å². The highest BCUT2D eigenvalue weighted by Crippen LogP contribution is 2.24. The van der Waals surface area contributed by atoms with Gasteiger partial charge < -0.3 is 14.5 Å². The van der Waals surface area contributed by atoms with Gasteiger partial charge in [-0.1, -0.05) is 26.0 Å². The van der Waals surface area contributed by atoms with Gasteiger partial charge in [-0.05, 0) is 49.5 Å². The minimum absolute atomic E-state index is 0.113. The first kappa shape index (κ1) is 23.7. The number of amides is 1. The normalized spacial score (nSPS) is 14.4. The molecule has 0 aliphatic carbocycles. The number of piperazine rings is 1. The molecular formula is C27H31N7O2. The van der Waals surface area contributed by atoms with E-state index in [0.29, 0.717) is 18.2 Å². The van der Waals surface area contributed by atoms with Crippen molar-refractivity contribution in [2.45, 2.75) is 20.5 Å². The van der Waals surface area contributed by atoms with E-state index < -0.39 is 0 Å². The number of hydrogen-bond donors (Lipinski definition) is 1. The van der Waals surface area contributed by atoms with Gasteiger partial charge in [0, 0.05) is 49.4 Å². The Morgan fingerprint density at radius 1 is 1.03 bits per heavy atom. The van der Waals surface area contributed by atoms with E-state index in [1.165, 1.54) is 0 Å². The Hall–Kier alpha value is -3.98. The summed E-state index contributed by atoms with van der Waals surface area (Å²) in [4.78, 5) is 25.7. The van der Waals surface area contributed by atoms with E-state index >= 15 is 0 Å². The predicted octanol–water partition coefficient (Wildman–Crippen LogP) is 3.72. The zero-order valence-electron chi connectivity index (χ0n) is 20.9. The third-order valence-corrected chi connectivity index (χ3v) is 6.31. The molecule has 1 aromatic carbocycles. The number of fused-ring (bicyclic) bond motifs is 1. The Kier molecular flexibility index (Phi) is 6.81. The Balaban J connectivity index is 1.23. The standard InChI is InChI=1S/C27H31N7O2/c1-19(2)26(35)30-27-29-25-6-4-5-23(34(25)31-27)21-8-10-22(11-9-21)36-18-20-7-12-24(28-17-20)33-15-13-32(3)14-16-33/h4-12,17,19H,13-16,18H2,1-3H3,(H,30,31,35). The summed E-state index contributed by atoms with van der Waals surface area (Å²) in [6, 6.07) is 17.8. The lowest BCUT2D eigenvalue weighted by Gasteiger charge is -2.33. The number of nitrogens with zero attached hydrogens (tertiary/aromatic N) is 6. The minimum Gasteiger partial charge on any atom is -0.489 e. The summed E-state index contributed by atoms with van der Waals surface area (Å²) in [6.07, 6.45) is 1.89. The maximum Gasteiger partial charge on any atom is 0.249 e. The zero-order chi connectivity index (χ0) is 25.1. The van der Waals surface area contributed by atoms with Crippen LogP contribution in [0.15, 0.2) is 60.8 Å². The van der Waals surface area contributed by atoms with E-state index in [1.54, 1.807) is 4.52 Å². The molecule has 0 bridgehead atoms. The first-order chi connectivity index (χ1) is 17.5. The van der Waals surface area contributed by atoms with Crippen LogP contribution in [-0.2, 0) is 11.4 Å². The second kappa shape index (κ2) is 10.3. The third-order valence-electron chi connectivity index (χ3n) is 6.31. The highest BCUT2D eigenvalue weighted by molar-refractivity contribution is 5.90. The number of benzene rings is 1. The van der Waals surface area contributed by atoms with Crippen LogP contribution >= 0.6 is 0 Å². The van der Waals surface area contributed by atoms with Crippen LogP contribution in [0.1, 0.15) is 19.4 Å². The summed E-state index contributed by atoms with van der Waals surface area (Å²) in [5.74, 6) is 1.84. The number of likely N-dealkylation sites (N-methyl/N-ethyl adjacent to an activating group) is 1. The Bertz CT molecular complexity index is 1320. The highest BCUT2D eigenvalue weighted by Gasteiger charge is 2.15. The van der Waals surface area contributed by atoms with Crippen molar-refractivity contribution in [3.05, 3.63) is 66.4 Å². The largest absolute Gasteiger partial charge is 0.489 e. The summed E-state index contributed by atoms with van der Waals surface area (Å²) < 4.78 is 7.73. The monoisotopic (exact) mass is 485 g/mol. The topological polar surface area (TPSA) is 87.9 Å². The van der Waals surface area contributed by atoms with Crippen LogP contribution in [0.3, 0.4) is 0 Å². The molecule has 1 fully saturated rings. The molecule has 1 aliphatic heterocycles. The van der Waals surface area contributed by atoms with E-state index in [1.807, 2.05) is 62.5 Å². The maximum absolute atomic E-state index is 12.0. The number of nitrogens with one attached hydrogen (secondary N) is 1. The molecule has 1 aliphatic rings. The number of rotatable bonds is 7. The molecule has 1 saturated heterocycles. The number of ether oxygens (including phenoxy) is 1. The van der Waals surface area contributed by atoms with Crippen LogP contribution in [0.4, 0.5) is 11.8 Å². The van der Waals surface area contributed by atoms with Gasteiger partial charge in [0.25, 0.3) is 0 Å². The van der Waals surface area contributed by atoms with E-state index in [4.69, 9.17) is 4.74 Å². The van der Waals surface area contributed by atoms with Gasteiger partial charge in [0.05, 0.1) is 5.69 Å². The molecule has 4 aromatic rings. The van der Waals surface area contributed by atoms with Gasteiger partial charge in [0.15, 0.2) is 5.65 Å². The molecule has 0 saturated carbocycles. The van der Waals surface area contributed by atoms with Crippen molar-refractivity contribution in [2.24, 2.45) is 5.92 Å². The molecule has 36 heavy (non-hydrogen) atoms. The summed E-state index contributed by atoms with van der Waals surface area (Å²) in [7, 11) is 2.15. The second-order valence-electron chi connectivity index (χ2n) is 9.39. The van der Waals surface area contributed by atoms with Crippen molar-refractivity contribution < 1.29 is 9.53 Å². The molecule has 1 amide bonds. The SMILES string of the molecule is CC(C)C(=O)Nc1nc2cccc(-c3ccc(OCc4ccc(N5CCN(C)CC5)nc4)cc3)n2n1. The number of anilines is 2. The summed E-state index contributed by atoms with van der Waals surface area (Å²) in [5, 5.41) is 7.25. The van der Waals surface area contributed by atoms with Crippen LogP contribution in [-0.4, -0.2) is 63.6 Å². The number of aromatic nitrogens is 4. The summed E-state index contributed by atoms with van der Waals surface area (Å²) >= 11 is 0. The van der Waals surface area contributed by atoms with E-state index in [2.05, 4.69) is 49.4 Å². The lowest BCUT2D eigenvalue weighted by Crippen LogP contribution is -2.44. The summed E-state index contributed by atoms with van der Waals surface area (Å²) in [5.41, 5.74) is 3.54. The van der Waals surface area contributed by atoms with Crippen molar-refractivity contribution in [2.75, 3.05) is 43.4 Å². The maximum atomic E-state index is 12.0. The number of carbonyl (C=O) groups is 1. The first-order valence-corrected chi connectivity index (χ1v) is 12.2. The molecule has 5 rings (SSSR count). The quantitative estimate of drug-likeness (QED) is 0.427. The fourth-order valence-corrected chi connectivity index (χ4v) is 4.04. The third kappa shape index (κ3) is 5.31. The van der Waals surface area contributed by atoms with Crippen LogP contribution in [0.5, 0.6) is 5.75 Å². The molecule has 4 heterocycles. The number of carbonyl (C=O) groups excluding carboxylic acids is 1. The number of pyridine rings is 2. The fourth-order valence-electron chi connectivity index (χ4n) is 4.04. The molecule has 0 atom stereocenters. The van der Waals surface area contributed by atoms with Crippen LogP contribution in [0.2, 0.25) is 0 Å². The van der Waals surface area contributed by atoms with Crippen LogP contribution in [0.25, 0.3) is 16.9 Å². The molecule has 0 spiro atoms. The average Bonchev–Trinajstić information content (AvgIpc) is 3.31. The van der Waals surface area contributed by atoms with Gasteiger partial charge in [-0.15, -0.1) is 5.10 Å². The lowest BCUT2D eigenvalue weighted by atomic mass is 10.1. The summed E-state index contributed by atoms with van der Waals surface area (Å²) in [6.45, 7) is 8.24. The minimum atomic E-state index is -0.144. The van der Waals surface area contributed by atoms with Gasteiger partial charge in [-0.2, -0.15) is 4.98 Å². The van der Waals surface area contributed by atoms with Gasteiger partial charge in [0.1, 0.15) is 18.2 Å². The molecule has 9 nitrogen and oxygen atoms in total. The van der Waals surface area contributed by atoms with E-state index in [9.17, 15) is 4.79 Å². The highest BCUT2D eigenvalue weighted by atomic mass is 16.5. The molecular weight excluding hydrogens is 454 g/mol. The molecule has 0 unspecified atom stereocenters. The Morgan fingerprint density at radius 2 is 1.81 bits per heavy atom. The second-order valence-corrected chi connectivity index (χ2v) is 9.39. The average molecular weight is 486 g/mol. The van der Waals surface area contributed by atoms with Crippen molar-refractivity contribution in [3.8, 4) is 17.0 Å². The first-order valence-electron chi connectivity index (χ1n) is 12.2. The molecule has 186 valence electrons. The lowest BCUT2D eigenvalue weighted by molar-refractivity contribution is -0.118. The van der Waals surface area contributed by atoms with E-state index in [-0.39, 0.29) is 11.8 Å². The Morgan fingerprint density at radius 3 is 2.50 bits per heavy atom. The van der Waals surface area contributed by atoms with Crippen molar-refractivity contribution in [1.82, 2.24) is 24.5 Å². The van der Waals surface area contributed by atoms with Gasteiger partial charge >= 0.3 is 0 Å². The molecule has 0 radical (unpaired) electrons. The Labute approximate surface area is 210 Å². The van der Waals surface area contributed by atoms with E-state index in [0.717, 1.165) is 54.6 Å². The van der Waals surface area contributed by atoms with Crippen molar-refractivity contribution in [3.63, 3.8) is 0 Å². The molecule has 9 heteroatoms. The van der Waals surface area contributed by atoms with Crippen LogP contribution < -0.4 is 15.0 Å². The fraction of sp³-hybridized carbons (Fsp3) is 0.333. The smallest absolute Gasteiger partial charge is 0.249 e. The van der Waals surface area contributed by atoms with Crippen LogP contribution in [0, 0.1) is 5.92 Å². The van der Waals surface area contributed by atoms with Gasteiger partial charge in [0.2, 0.25) is 11.9 Å². The molecule has 3 aromatic heterocycles. The molecule has 1 N–H and O–H groups in total.